The number of anilines is 1. The summed E-state index contributed by atoms with van der Waals surface area (Å²) in [6.07, 6.45) is 8.36. The summed E-state index contributed by atoms with van der Waals surface area (Å²) < 4.78 is 43.8. The van der Waals surface area contributed by atoms with Crippen LogP contribution in [-0.4, -0.2) is 32.8 Å². The Labute approximate surface area is 225 Å². The molecular formula is C30H33F3N4O2. The molecular weight excluding hydrogens is 505 g/mol. The highest BCUT2D eigenvalue weighted by atomic mass is 19.2. The van der Waals surface area contributed by atoms with Crippen LogP contribution in [0.5, 0.6) is 0 Å². The monoisotopic (exact) mass is 538 g/mol. The highest BCUT2D eigenvalue weighted by Gasteiger charge is 2.49. The zero-order valence-corrected chi connectivity index (χ0v) is 21.8. The molecule has 2 saturated carbocycles. The summed E-state index contributed by atoms with van der Waals surface area (Å²) in [4.78, 5) is 17.0. The predicted octanol–water partition coefficient (Wildman–Crippen LogP) is 6.42. The molecule has 2 aliphatic carbocycles. The van der Waals surface area contributed by atoms with Gasteiger partial charge in [-0.1, -0.05) is 19.1 Å². The number of imidazole rings is 1. The number of nitrogens with one attached hydrogen (secondary N) is 2. The smallest absolute Gasteiger partial charge is 0.319 e. The number of hydrogen-bond donors (Lipinski definition) is 3. The Hall–Kier alpha value is -3.33. The van der Waals surface area contributed by atoms with E-state index in [4.69, 9.17) is 0 Å². The lowest BCUT2D eigenvalue weighted by Crippen LogP contribution is -2.52. The van der Waals surface area contributed by atoms with Crippen molar-refractivity contribution < 1.29 is 23.1 Å². The molecule has 3 aliphatic rings. The fraction of sp³-hybridized carbons (Fsp3) is 0.467. The second-order valence-electron chi connectivity index (χ2n) is 11.6. The summed E-state index contributed by atoms with van der Waals surface area (Å²) >= 11 is 0. The average molecular weight is 539 g/mol. The van der Waals surface area contributed by atoms with Crippen molar-refractivity contribution in [1.29, 1.82) is 0 Å². The number of fused-ring (bicyclic) bond motifs is 5. The molecule has 6 unspecified atom stereocenters. The Kier molecular flexibility index (Phi) is 6.65. The molecule has 3 aromatic rings. The second-order valence-corrected chi connectivity index (χ2v) is 11.6. The molecule has 2 amide bonds. The van der Waals surface area contributed by atoms with Crippen LogP contribution in [0.4, 0.5) is 23.7 Å². The van der Waals surface area contributed by atoms with Gasteiger partial charge in [-0.3, -0.25) is 0 Å². The number of rotatable bonds is 6. The molecule has 2 bridgehead atoms. The van der Waals surface area contributed by atoms with E-state index >= 15 is 4.39 Å². The van der Waals surface area contributed by atoms with Crippen LogP contribution in [0.15, 0.2) is 48.9 Å². The number of benzene rings is 2. The van der Waals surface area contributed by atoms with E-state index in [0.717, 1.165) is 61.9 Å². The van der Waals surface area contributed by atoms with Crippen LogP contribution >= 0.6 is 0 Å². The molecule has 9 heteroatoms. The van der Waals surface area contributed by atoms with Crippen molar-refractivity contribution in [2.45, 2.75) is 70.1 Å². The lowest BCUT2D eigenvalue weighted by Gasteiger charge is -2.52. The number of amides is 2. The van der Waals surface area contributed by atoms with Gasteiger partial charge in [0.15, 0.2) is 11.6 Å². The van der Waals surface area contributed by atoms with Gasteiger partial charge in [0.05, 0.1) is 30.4 Å². The normalized spacial score (nSPS) is 27.9. The standard InChI is InChI=1S/C30H33F3N4O2/c1-2-30(27(38)12-25-28-20(4-3-5-22(28)32)26-15-34-16-37(25)26)13-17-6-9-24(18(10-17)14-30)36-29(39)35-19-7-8-21(31)23(33)11-19/h3-5,7-8,11,15-18,24-25,27,38H,2,6,9-10,12-14H2,1H3,(H2,35,36,39). The largest absolute Gasteiger partial charge is 0.392 e. The summed E-state index contributed by atoms with van der Waals surface area (Å²) in [5, 5.41) is 17.5. The van der Waals surface area contributed by atoms with Crippen LogP contribution in [0.1, 0.15) is 63.5 Å². The molecule has 2 heterocycles. The molecule has 3 N–H and O–H groups in total. The van der Waals surface area contributed by atoms with Crippen molar-refractivity contribution in [3.8, 4) is 11.3 Å². The summed E-state index contributed by atoms with van der Waals surface area (Å²) in [6, 6.07) is 7.48. The molecule has 0 radical (unpaired) electrons. The number of carbonyl (C=O) groups is 1. The van der Waals surface area contributed by atoms with E-state index < -0.39 is 23.8 Å². The first-order valence-electron chi connectivity index (χ1n) is 13.8. The third kappa shape index (κ3) is 4.60. The molecule has 0 spiro atoms. The molecule has 0 saturated heterocycles. The summed E-state index contributed by atoms with van der Waals surface area (Å²) in [6.45, 7) is 2.11. The Morgan fingerprint density at radius 3 is 2.79 bits per heavy atom. The quantitative estimate of drug-likeness (QED) is 0.339. The zero-order chi connectivity index (χ0) is 27.3. The minimum atomic E-state index is -1.02. The van der Waals surface area contributed by atoms with Gasteiger partial charge in [-0.25, -0.2) is 22.9 Å². The number of halogens is 3. The van der Waals surface area contributed by atoms with Gasteiger partial charge in [-0.15, -0.1) is 0 Å². The van der Waals surface area contributed by atoms with Gasteiger partial charge < -0.3 is 20.3 Å². The fourth-order valence-electron chi connectivity index (χ4n) is 7.54. The predicted molar refractivity (Wildman–Crippen MR) is 141 cm³/mol. The molecule has 39 heavy (non-hydrogen) atoms. The van der Waals surface area contributed by atoms with E-state index in [0.29, 0.717) is 17.9 Å². The third-order valence-corrected chi connectivity index (χ3v) is 9.47. The van der Waals surface area contributed by atoms with Gasteiger partial charge in [-0.05, 0) is 80.4 Å². The van der Waals surface area contributed by atoms with Crippen LogP contribution in [0.2, 0.25) is 0 Å². The third-order valence-electron chi connectivity index (χ3n) is 9.47. The number of hydrogen-bond acceptors (Lipinski definition) is 3. The first-order valence-corrected chi connectivity index (χ1v) is 13.8. The molecule has 6 nitrogen and oxygen atoms in total. The molecule has 1 aromatic heterocycles. The van der Waals surface area contributed by atoms with Gasteiger partial charge >= 0.3 is 6.03 Å². The molecule has 2 fully saturated rings. The average Bonchev–Trinajstić information content (AvgIpc) is 3.51. The first-order chi connectivity index (χ1) is 18.8. The van der Waals surface area contributed by atoms with E-state index in [1.165, 1.54) is 12.1 Å². The SMILES string of the molecule is CCC1(C(O)CC2c3c(F)cccc3-c3cncn32)CC2CCC(NC(=O)Nc3ccc(F)c(F)c3)C(C2)C1. The number of nitrogens with zero attached hydrogens (tertiary/aromatic N) is 2. The minimum Gasteiger partial charge on any atom is -0.392 e. The highest BCUT2D eigenvalue weighted by molar-refractivity contribution is 5.89. The van der Waals surface area contributed by atoms with Gasteiger partial charge in [0.2, 0.25) is 0 Å². The Balaban J connectivity index is 1.18. The van der Waals surface area contributed by atoms with Gasteiger partial charge in [0.25, 0.3) is 0 Å². The zero-order valence-electron chi connectivity index (χ0n) is 21.8. The summed E-state index contributed by atoms with van der Waals surface area (Å²) in [5.41, 5.74) is 2.14. The fourth-order valence-corrected chi connectivity index (χ4v) is 7.54. The van der Waals surface area contributed by atoms with E-state index in [1.54, 1.807) is 18.6 Å². The minimum absolute atomic E-state index is 0.0881. The van der Waals surface area contributed by atoms with Crippen molar-refractivity contribution in [3.63, 3.8) is 0 Å². The molecule has 206 valence electrons. The van der Waals surface area contributed by atoms with Crippen molar-refractivity contribution in [3.05, 3.63) is 71.9 Å². The number of aromatic nitrogens is 2. The molecule has 6 atom stereocenters. The van der Waals surface area contributed by atoms with E-state index in [2.05, 4.69) is 22.5 Å². The van der Waals surface area contributed by atoms with Crippen LogP contribution in [0.25, 0.3) is 11.3 Å². The molecule has 2 aromatic carbocycles. The van der Waals surface area contributed by atoms with Crippen molar-refractivity contribution in [2.75, 3.05) is 5.32 Å². The van der Waals surface area contributed by atoms with E-state index in [-0.39, 0.29) is 34.9 Å². The maximum Gasteiger partial charge on any atom is 0.319 e. The molecule has 6 rings (SSSR count). The Bertz CT molecular complexity index is 1390. The summed E-state index contributed by atoms with van der Waals surface area (Å²) in [5.74, 6) is -1.63. The lowest BCUT2D eigenvalue weighted by molar-refractivity contribution is -0.0663. The van der Waals surface area contributed by atoms with Gasteiger partial charge in [-0.2, -0.15) is 0 Å². The number of aliphatic hydroxyl groups excluding tert-OH is 1. The number of carbonyl (C=O) groups excluding carboxylic acids is 1. The first kappa shape index (κ1) is 25.9. The maximum absolute atomic E-state index is 15.0. The van der Waals surface area contributed by atoms with Crippen molar-refractivity contribution in [2.24, 2.45) is 17.3 Å². The van der Waals surface area contributed by atoms with Crippen LogP contribution < -0.4 is 10.6 Å². The van der Waals surface area contributed by atoms with Gasteiger partial charge in [0.1, 0.15) is 5.82 Å². The van der Waals surface area contributed by atoms with E-state index in [1.807, 2.05) is 10.6 Å². The second kappa shape index (κ2) is 10.0. The number of aliphatic hydroxyl groups is 1. The van der Waals surface area contributed by atoms with E-state index in [9.17, 15) is 18.7 Å². The lowest BCUT2D eigenvalue weighted by atomic mass is 9.56. The van der Waals surface area contributed by atoms with Crippen molar-refractivity contribution in [1.82, 2.24) is 14.9 Å². The summed E-state index contributed by atoms with van der Waals surface area (Å²) in [7, 11) is 0. The van der Waals surface area contributed by atoms with Crippen LogP contribution in [0, 0.1) is 34.7 Å². The maximum atomic E-state index is 15.0. The Morgan fingerprint density at radius 1 is 1.15 bits per heavy atom. The highest BCUT2D eigenvalue weighted by Crippen LogP contribution is 2.54. The number of urea groups is 1. The molecule has 1 aliphatic heterocycles. The van der Waals surface area contributed by atoms with Gasteiger partial charge in [0, 0.05) is 28.9 Å². The topological polar surface area (TPSA) is 79.2 Å². The van der Waals surface area contributed by atoms with Crippen LogP contribution in [0.3, 0.4) is 0 Å². The van der Waals surface area contributed by atoms with Crippen LogP contribution in [-0.2, 0) is 0 Å². The van der Waals surface area contributed by atoms with Crippen molar-refractivity contribution >= 4 is 11.7 Å². The Morgan fingerprint density at radius 2 is 2.00 bits per heavy atom.